The zero-order chi connectivity index (χ0) is 18.5. The van der Waals surface area contributed by atoms with Crippen LogP contribution in [0.5, 0.6) is 11.5 Å². The van der Waals surface area contributed by atoms with Gasteiger partial charge in [0.05, 0.1) is 0 Å². The summed E-state index contributed by atoms with van der Waals surface area (Å²) in [6.45, 7) is 3.46. The lowest BCUT2D eigenvalue weighted by Gasteiger charge is -2.16. The summed E-state index contributed by atoms with van der Waals surface area (Å²) in [5.41, 5.74) is 0.550. The second-order valence-corrected chi connectivity index (χ2v) is 7.12. The highest BCUT2D eigenvalue weighted by Gasteiger charge is 2.23. The SMILES string of the molecule is C[C@H](OC(=O)[C@@H](C)Sc1ccccc1)C(=O)Nc1ccc2c(c1)OCO2. The maximum atomic E-state index is 12.3. The van der Waals surface area contributed by atoms with Crippen molar-refractivity contribution < 1.29 is 23.8 Å². The number of fused-ring (bicyclic) bond motifs is 1. The Morgan fingerprint density at radius 3 is 2.58 bits per heavy atom. The largest absolute Gasteiger partial charge is 0.454 e. The molecule has 0 spiro atoms. The summed E-state index contributed by atoms with van der Waals surface area (Å²) in [6, 6.07) is 14.7. The van der Waals surface area contributed by atoms with Crippen molar-refractivity contribution in [2.75, 3.05) is 12.1 Å². The Hall–Kier alpha value is -2.67. The second-order valence-electron chi connectivity index (χ2n) is 5.71. The van der Waals surface area contributed by atoms with Gasteiger partial charge < -0.3 is 19.5 Å². The van der Waals surface area contributed by atoms with Crippen molar-refractivity contribution in [3.8, 4) is 11.5 Å². The van der Waals surface area contributed by atoms with Gasteiger partial charge in [-0.1, -0.05) is 18.2 Å². The first-order valence-electron chi connectivity index (χ1n) is 8.15. The topological polar surface area (TPSA) is 73.9 Å². The maximum Gasteiger partial charge on any atom is 0.319 e. The molecule has 1 N–H and O–H groups in total. The van der Waals surface area contributed by atoms with Gasteiger partial charge in [0, 0.05) is 16.6 Å². The van der Waals surface area contributed by atoms with E-state index < -0.39 is 23.2 Å². The third-order valence-corrected chi connectivity index (χ3v) is 4.78. The first kappa shape index (κ1) is 18.1. The highest BCUT2D eigenvalue weighted by atomic mass is 32.2. The van der Waals surface area contributed by atoms with E-state index in [9.17, 15) is 9.59 Å². The fraction of sp³-hybridized carbons (Fsp3) is 0.263. The third-order valence-electron chi connectivity index (χ3n) is 3.69. The zero-order valence-corrected chi connectivity index (χ0v) is 15.2. The van der Waals surface area contributed by atoms with Crippen LogP contribution < -0.4 is 14.8 Å². The number of benzene rings is 2. The Kier molecular flexibility index (Phi) is 5.68. The molecule has 0 bridgehead atoms. The van der Waals surface area contributed by atoms with E-state index in [0.29, 0.717) is 17.2 Å². The van der Waals surface area contributed by atoms with Crippen molar-refractivity contribution in [1.29, 1.82) is 0 Å². The average Bonchev–Trinajstić information content (AvgIpc) is 3.10. The maximum absolute atomic E-state index is 12.3. The lowest BCUT2D eigenvalue weighted by atomic mass is 10.2. The first-order chi connectivity index (χ1) is 12.5. The molecular formula is C19H19NO5S. The van der Waals surface area contributed by atoms with E-state index in [1.165, 1.54) is 11.8 Å². The standard InChI is InChI=1S/C19H19NO5S/c1-12(25-19(22)13(2)26-15-6-4-3-5-7-15)18(21)20-14-8-9-16-17(10-14)24-11-23-16/h3-10,12-13H,11H2,1-2H3,(H,20,21)/t12-,13+/m0/s1. The number of hydrogen-bond donors (Lipinski definition) is 1. The lowest BCUT2D eigenvalue weighted by molar-refractivity contribution is -0.152. The fourth-order valence-corrected chi connectivity index (χ4v) is 3.17. The highest BCUT2D eigenvalue weighted by molar-refractivity contribution is 8.00. The number of thioether (sulfide) groups is 1. The van der Waals surface area contributed by atoms with E-state index >= 15 is 0 Å². The molecule has 1 aliphatic heterocycles. The van der Waals surface area contributed by atoms with Crippen molar-refractivity contribution in [2.24, 2.45) is 0 Å². The van der Waals surface area contributed by atoms with E-state index in [2.05, 4.69) is 5.32 Å². The van der Waals surface area contributed by atoms with Gasteiger partial charge in [-0.25, -0.2) is 0 Å². The van der Waals surface area contributed by atoms with Crippen LogP contribution in [0, 0.1) is 0 Å². The van der Waals surface area contributed by atoms with Crippen molar-refractivity contribution in [3.05, 3.63) is 48.5 Å². The lowest BCUT2D eigenvalue weighted by Crippen LogP contribution is -2.32. The van der Waals surface area contributed by atoms with Crippen LogP contribution in [0.2, 0.25) is 0 Å². The number of nitrogens with one attached hydrogen (secondary N) is 1. The number of amides is 1. The molecule has 0 saturated carbocycles. The monoisotopic (exact) mass is 373 g/mol. The Balaban J connectivity index is 1.52. The number of rotatable bonds is 6. The molecule has 26 heavy (non-hydrogen) atoms. The minimum absolute atomic E-state index is 0.164. The van der Waals surface area contributed by atoms with Crippen LogP contribution in [0.3, 0.4) is 0 Å². The van der Waals surface area contributed by atoms with E-state index in [1.807, 2.05) is 30.3 Å². The van der Waals surface area contributed by atoms with Gasteiger partial charge in [0.25, 0.3) is 5.91 Å². The Morgan fingerprint density at radius 2 is 1.81 bits per heavy atom. The smallest absolute Gasteiger partial charge is 0.319 e. The first-order valence-corrected chi connectivity index (χ1v) is 9.03. The molecule has 0 radical (unpaired) electrons. The molecule has 2 aromatic carbocycles. The summed E-state index contributed by atoms with van der Waals surface area (Å²) in [7, 11) is 0. The minimum atomic E-state index is -0.910. The van der Waals surface area contributed by atoms with E-state index in [1.54, 1.807) is 32.0 Å². The number of ether oxygens (including phenoxy) is 3. The summed E-state index contributed by atoms with van der Waals surface area (Å²) in [4.78, 5) is 25.4. The molecule has 2 atom stereocenters. The normalized spacial score (nSPS) is 14.4. The molecule has 3 rings (SSSR count). The van der Waals surface area contributed by atoms with Crippen LogP contribution in [-0.2, 0) is 14.3 Å². The molecule has 0 aliphatic carbocycles. The molecule has 7 heteroatoms. The van der Waals surface area contributed by atoms with Gasteiger partial charge in [-0.3, -0.25) is 9.59 Å². The molecule has 1 aliphatic rings. The minimum Gasteiger partial charge on any atom is -0.454 e. The second kappa shape index (κ2) is 8.14. The number of carbonyl (C=O) groups excluding carboxylic acids is 2. The van der Waals surface area contributed by atoms with Gasteiger partial charge in [0.1, 0.15) is 5.25 Å². The van der Waals surface area contributed by atoms with E-state index in [-0.39, 0.29) is 6.79 Å². The Labute approximate surface area is 155 Å². The number of anilines is 1. The van der Waals surface area contributed by atoms with Crippen LogP contribution in [0.15, 0.2) is 53.4 Å². The molecule has 2 aromatic rings. The van der Waals surface area contributed by atoms with Gasteiger partial charge in [0.15, 0.2) is 17.6 Å². The fourth-order valence-electron chi connectivity index (χ4n) is 2.29. The zero-order valence-electron chi connectivity index (χ0n) is 14.4. The molecule has 0 aromatic heterocycles. The van der Waals surface area contributed by atoms with Crippen molar-refractivity contribution in [2.45, 2.75) is 30.1 Å². The van der Waals surface area contributed by atoms with Gasteiger partial charge in [-0.2, -0.15) is 0 Å². The predicted octanol–water partition coefficient (Wildman–Crippen LogP) is 3.47. The number of esters is 1. The van der Waals surface area contributed by atoms with Crippen LogP contribution >= 0.6 is 11.8 Å². The number of hydrogen-bond acceptors (Lipinski definition) is 6. The predicted molar refractivity (Wildman–Crippen MR) is 98.5 cm³/mol. The molecule has 0 fully saturated rings. The van der Waals surface area contributed by atoms with Crippen LogP contribution in [0.4, 0.5) is 5.69 Å². The van der Waals surface area contributed by atoms with Crippen LogP contribution in [0.25, 0.3) is 0 Å². The molecular weight excluding hydrogens is 354 g/mol. The quantitative estimate of drug-likeness (QED) is 0.617. The molecule has 0 unspecified atom stereocenters. The summed E-state index contributed by atoms with van der Waals surface area (Å²) < 4.78 is 15.8. The van der Waals surface area contributed by atoms with Gasteiger partial charge >= 0.3 is 5.97 Å². The van der Waals surface area contributed by atoms with Crippen molar-refractivity contribution in [1.82, 2.24) is 0 Å². The molecule has 6 nitrogen and oxygen atoms in total. The molecule has 1 amide bonds. The van der Waals surface area contributed by atoms with Gasteiger partial charge in [-0.15, -0.1) is 11.8 Å². The third kappa shape index (κ3) is 4.49. The Morgan fingerprint density at radius 1 is 1.08 bits per heavy atom. The molecule has 0 saturated heterocycles. The summed E-state index contributed by atoms with van der Waals surface area (Å²) in [6.07, 6.45) is -0.910. The summed E-state index contributed by atoms with van der Waals surface area (Å²) in [5, 5.41) is 2.29. The van der Waals surface area contributed by atoms with Gasteiger partial charge in [-0.05, 0) is 38.1 Å². The van der Waals surface area contributed by atoms with Crippen LogP contribution in [0.1, 0.15) is 13.8 Å². The van der Waals surface area contributed by atoms with Crippen LogP contribution in [-0.4, -0.2) is 30.0 Å². The summed E-state index contributed by atoms with van der Waals surface area (Å²) in [5.74, 6) is 0.357. The number of carbonyl (C=O) groups is 2. The van der Waals surface area contributed by atoms with Crippen molar-refractivity contribution in [3.63, 3.8) is 0 Å². The van der Waals surface area contributed by atoms with E-state index in [0.717, 1.165) is 4.90 Å². The average molecular weight is 373 g/mol. The highest BCUT2D eigenvalue weighted by Crippen LogP contribution is 2.34. The molecule has 136 valence electrons. The molecule has 1 heterocycles. The van der Waals surface area contributed by atoms with Gasteiger partial charge in [0.2, 0.25) is 6.79 Å². The summed E-state index contributed by atoms with van der Waals surface area (Å²) >= 11 is 1.39. The van der Waals surface area contributed by atoms with Crippen molar-refractivity contribution >= 4 is 29.3 Å². The van der Waals surface area contributed by atoms with E-state index in [4.69, 9.17) is 14.2 Å². The Bertz CT molecular complexity index is 796.